The first-order valence-corrected chi connectivity index (χ1v) is 16.9. The summed E-state index contributed by atoms with van der Waals surface area (Å²) in [6.07, 6.45) is 13.3. The van der Waals surface area contributed by atoms with Gasteiger partial charge < -0.3 is 15.5 Å². The highest BCUT2D eigenvalue weighted by atomic mass is 16.1. The molecule has 0 atom stereocenters. The zero-order valence-corrected chi connectivity index (χ0v) is 28.5. The Balaban J connectivity index is 1.01. The first-order chi connectivity index (χ1) is 22.6. The number of benzene rings is 3. The van der Waals surface area contributed by atoms with Crippen molar-refractivity contribution < 1.29 is 18.6 Å². The van der Waals surface area contributed by atoms with Gasteiger partial charge in [0.05, 0.1) is 50.2 Å². The molecule has 246 valence electrons. The molecule has 5 rings (SSSR count). The molecule has 0 radical (unpaired) electrons. The summed E-state index contributed by atoms with van der Waals surface area (Å²) in [4.78, 5) is 26.8. The molecule has 1 heterocycles. The molecule has 0 spiro atoms. The standard InChI is InChI=1S/C39H49N6O2/c1-29-27-34(35-36(37(29)40)39(47)33-18-11-10-17-32(33)38(35)46)41-21-14-26-45(3,4)25-13-6-5-12-22-44-23-19-30(20-24-44)28-42-43(2)31-15-8-7-9-16-31/h7-11,15-19,23,27-28,40,42H,5-6,12-14,20-22,24-26H2,1-4H3/q+1/p+1. The molecule has 0 bridgehead atoms. The van der Waals surface area contributed by atoms with Gasteiger partial charge in [-0.3, -0.25) is 14.6 Å². The van der Waals surface area contributed by atoms with Crippen molar-refractivity contribution in [3.63, 3.8) is 0 Å². The summed E-state index contributed by atoms with van der Waals surface area (Å²) < 4.78 is 3.38. The number of quaternary nitrogens is 1. The number of carbonyl (C=O) groups is 2. The third-order valence-corrected chi connectivity index (χ3v) is 9.37. The zero-order valence-electron chi connectivity index (χ0n) is 28.5. The van der Waals surface area contributed by atoms with Crippen LogP contribution in [-0.2, 0) is 0 Å². The fourth-order valence-electron chi connectivity index (χ4n) is 6.44. The monoisotopic (exact) mass is 634 g/mol. The van der Waals surface area contributed by atoms with Gasteiger partial charge in [0, 0.05) is 61.4 Å². The molecule has 0 aromatic heterocycles. The van der Waals surface area contributed by atoms with Crippen molar-refractivity contribution >= 4 is 41.1 Å². The maximum Gasteiger partial charge on any atom is 0.196 e. The molecule has 0 saturated heterocycles. The highest BCUT2D eigenvalue weighted by molar-refractivity contribution is 6.32. The van der Waals surface area contributed by atoms with Crippen LogP contribution in [0.4, 0.5) is 17.1 Å². The predicted molar refractivity (Wildman–Crippen MR) is 194 cm³/mol. The van der Waals surface area contributed by atoms with Crippen molar-refractivity contribution in [3.8, 4) is 0 Å². The van der Waals surface area contributed by atoms with Gasteiger partial charge in [-0.1, -0.05) is 42.5 Å². The SMILES string of the molecule is Cc1cc(NCCC[N+](C)(C)CCCCCC[N+]2=CC=C(C=NN(C)c3ccccc3)CC2)c2c(c1N)C(=O)c1ccccc1C2=O. The molecule has 47 heavy (non-hydrogen) atoms. The van der Waals surface area contributed by atoms with Gasteiger partial charge in [-0.25, -0.2) is 4.58 Å². The lowest BCUT2D eigenvalue weighted by Crippen LogP contribution is -2.41. The number of unbranched alkanes of at least 4 members (excludes halogenated alkanes) is 3. The second-order valence-electron chi connectivity index (χ2n) is 13.5. The van der Waals surface area contributed by atoms with Gasteiger partial charge in [-0.2, -0.15) is 5.10 Å². The quantitative estimate of drug-likeness (QED) is 0.0399. The van der Waals surface area contributed by atoms with Gasteiger partial charge in [0.1, 0.15) is 13.1 Å². The zero-order chi connectivity index (χ0) is 33.4. The van der Waals surface area contributed by atoms with Crippen LogP contribution in [-0.4, -0.2) is 86.9 Å². The summed E-state index contributed by atoms with van der Waals surface area (Å²) in [7, 11) is 6.57. The summed E-state index contributed by atoms with van der Waals surface area (Å²) in [6, 6.07) is 19.1. The van der Waals surface area contributed by atoms with E-state index in [2.05, 4.69) is 53.5 Å². The summed E-state index contributed by atoms with van der Waals surface area (Å²) in [5, 5.41) is 9.98. The van der Waals surface area contributed by atoms with Crippen molar-refractivity contribution in [2.45, 2.75) is 45.4 Å². The smallest absolute Gasteiger partial charge is 0.196 e. The van der Waals surface area contributed by atoms with Crippen LogP contribution in [0.3, 0.4) is 0 Å². The number of ketones is 2. The summed E-state index contributed by atoms with van der Waals surface area (Å²) in [5.74, 6) is -0.317. The second kappa shape index (κ2) is 15.4. The lowest BCUT2D eigenvalue weighted by atomic mass is 9.81. The fraction of sp³-hybridized carbons (Fsp3) is 0.385. The van der Waals surface area contributed by atoms with Crippen LogP contribution in [0.5, 0.6) is 0 Å². The van der Waals surface area contributed by atoms with Crippen LogP contribution in [0, 0.1) is 6.92 Å². The summed E-state index contributed by atoms with van der Waals surface area (Å²) in [5.41, 5.74) is 12.2. The maximum absolute atomic E-state index is 13.4. The number of nitrogens with zero attached hydrogens (tertiary/aromatic N) is 4. The summed E-state index contributed by atoms with van der Waals surface area (Å²) >= 11 is 0. The molecule has 8 heteroatoms. The van der Waals surface area contributed by atoms with Crippen LogP contribution in [0.2, 0.25) is 0 Å². The largest absolute Gasteiger partial charge is 0.398 e. The summed E-state index contributed by atoms with van der Waals surface area (Å²) in [6.45, 7) is 6.92. The average molecular weight is 635 g/mol. The van der Waals surface area contributed by atoms with E-state index in [1.165, 1.54) is 31.3 Å². The van der Waals surface area contributed by atoms with E-state index in [1.807, 2.05) is 49.5 Å². The van der Waals surface area contributed by atoms with Crippen LogP contribution in [0.1, 0.15) is 75.9 Å². The van der Waals surface area contributed by atoms with E-state index in [9.17, 15) is 9.59 Å². The first-order valence-electron chi connectivity index (χ1n) is 16.9. The van der Waals surface area contributed by atoms with Gasteiger partial charge >= 0.3 is 0 Å². The normalized spacial score (nSPS) is 14.5. The van der Waals surface area contributed by atoms with Crippen LogP contribution in [0.15, 0.2) is 77.4 Å². The molecule has 1 aliphatic heterocycles. The first kappa shape index (κ1) is 33.8. The maximum atomic E-state index is 13.4. The van der Waals surface area contributed by atoms with E-state index in [0.29, 0.717) is 33.6 Å². The number of anilines is 3. The van der Waals surface area contributed by atoms with Gasteiger partial charge in [0.15, 0.2) is 17.8 Å². The van der Waals surface area contributed by atoms with E-state index in [0.717, 1.165) is 61.3 Å². The molecule has 3 aromatic carbocycles. The number of hydrazone groups is 1. The minimum Gasteiger partial charge on any atom is -0.398 e. The Bertz CT molecular complexity index is 1690. The molecule has 3 N–H and O–H groups in total. The van der Waals surface area contributed by atoms with Crippen LogP contribution in [0.25, 0.3) is 0 Å². The van der Waals surface area contributed by atoms with Crippen molar-refractivity contribution in [2.75, 3.05) is 69.9 Å². The topological polar surface area (TPSA) is 90.8 Å². The number of aryl methyl sites for hydroxylation is 1. The van der Waals surface area contributed by atoms with Crippen LogP contribution >= 0.6 is 0 Å². The molecule has 2 aliphatic rings. The molecule has 8 nitrogen and oxygen atoms in total. The number of nitrogens with one attached hydrogen (secondary N) is 1. The predicted octanol–water partition coefficient (Wildman–Crippen LogP) is 6.33. The van der Waals surface area contributed by atoms with Crippen molar-refractivity contribution in [1.29, 1.82) is 0 Å². The molecular formula is C39H50N6O2+2. The average Bonchev–Trinajstić information content (AvgIpc) is 3.08. The van der Waals surface area contributed by atoms with E-state index in [4.69, 9.17) is 5.73 Å². The minimum absolute atomic E-state index is 0.142. The number of hydrogen-bond acceptors (Lipinski definition) is 6. The highest BCUT2D eigenvalue weighted by Crippen LogP contribution is 2.37. The van der Waals surface area contributed by atoms with E-state index >= 15 is 0 Å². The van der Waals surface area contributed by atoms with E-state index < -0.39 is 0 Å². The number of fused-ring (bicyclic) bond motifs is 2. The molecule has 3 aromatic rings. The number of carbonyl (C=O) groups excluding carboxylic acids is 2. The highest BCUT2D eigenvalue weighted by Gasteiger charge is 2.34. The Hall–Kier alpha value is -4.56. The van der Waals surface area contributed by atoms with Crippen molar-refractivity contribution in [3.05, 3.63) is 100 Å². The van der Waals surface area contributed by atoms with Crippen molar-refractivity contribution in [1.82, 2.24) is 0 Å². The number of para-hydroxylation sites is 1. The lowest BCUT2D eigenvalue weighted by molar-refractivity contribution is -0.890. The fourth-order valence-corrected chi connectivity index (χ4v) is 6.44. The second-order valence-corrected chi connectivity index (χ2v) is 13.5. The lowest BCUT2D eigenvalue weighted by Gasteiger charge is -2.30. The Morgan fingerprint density at radius 1 is 0.915 bits per heavy atom. The van der Waals surface area contributed by atoms with Gasteiger partial charge in [0.2, 0.25) is 0 Å². The number of rotatable bonds is 15. The van der Waals surface area contributed by atoms with Gasteiger partial charge in [-0.15, -0.1) is 0 Å². The van der Waals surface area contributed by atoms with E-state index in [-0.39, 0.29) is 11.6 Å². The Kier molecular flexibility index (Phi) is 11.0. The molecule has 1 aliphatic carbocycles. The van der Waals surface area contributed by atoms with Gasteiger partial charge in [-0.05, 0) is 55.5 Å². The third-order valence-electron chi connectivity index (χ3n) is 9.37. The van der Waals surface area contributed by atoms with E-state index in [1.54, 1.807) is 24.3 Å². The van der Waals surface area contributed by atoms with Gasteiger partial charge in [0.25, 0.3) is 0 Å². The molecule has 0 saturated carbocycles. The molecule has 0 fully saturated rings. The number of nitrogen functional groups attached to an aromatic ring is 1. The molecular weight excluding hydrogens is 584 g/mol. The Morgan fingerprint density at radius 2 is 1.57 bits per heavy atom. The molecule has 0 unspecified atom stereocenters. The minimum atomic E-state index is -0.175. The van der Waals surface area contributed by atoms with Crippen LogP contribution < -0.4 is 16.1 Å². The molecule has 0 amide bonds. The van der Waals surface area contributed by atoms with Crippen molar-refractivity contribution in [2.24, 2.45) is 5.10 Å². The number of nitrogens with two attached hydrogens (primary N) is 1. The Morgan fingerprint density at radius 3 is 2.28 bits per heavy atom. The third kappa shape index (κ3) is 8.43. The Labute approximate surface area is 279 Å². The number of allylic oxidation sites excluding steroid dienone is 1. The number of hydrogen-bond donors (Lipinski definition) is 2.